The second kappa shape index (κ2) is 6.02. The van der Waals surface area contributed by atoms with Gasteiger partial charge in [0.25, 0.3) is 0 Å². The molecule has 18 heavy (non-hydrogen) atoms. The summed E-state index contributed by atoms with van der Waals surface area (Å²) in [7, 11) is 1.74. The molecular weight excluding hydrogens is 230 g/mol. The first-order chi connectivity index (χ1) is 8.41. The molecule has 0 spiro atoms. The van der Waals surface area contributed by atoms with Crippen molar-refractivity contribution in [1.82, 2.24) is 4.90 Å². The Morgan fingerprint density at radius 3 is 2.50 bits per heavy atom. The van der Waals surface area contributed by atoms with Crippen molar-refractivity contribution >= 4 is 5.97 Å². The molecule has 1 saturated heterocycles. The van der Waals surface area contributed by atoms with E-state index < -0.39 is 11.4 Å². The van der Waals surface area contributed by atoms with Gasteiger partial charge in [0.1, 0.15) is 0 Å². The van der Waals surface area contributed by atoms with Crippen molar-refractivity contribution in [3.63, 3.8) is 0 Å². The molecule has 0 aromatic heterocycles. The number of hydrogen-bond donors (Lipinski definition) is 1. The average molecular weight is 257 g/mol. The number of hydrogen-bond acceptors (Lipinski definition) is 3. The van der Waals surface area contributed by atoms with Gasteiger partial charge in [-0.15, -0.1) is 0 Å². The van der Waals surface area contributed by atoms with Crippen LogP contribution in [0.25, 0.3) is 0 Å². The van der Waals surface area contributed by atoms with Gasteiger partial charge in [0.15, 0.2) is 0 Å². The fraction of sp³-hybridized carbons (Fsp3) is 0.929. The number of rotatable bonds is 6. The smallest absolute Gasteiger partial charge is 0.310 e. The van der Waals surface area contributed by atoms with Crippen molar-refractivity contribution in [3.8, 4) is 0 Å². The topological polar surface area (TPSA) is 49.8 Å². The van der Waals surface area contributed by atoms with Crippen molar-refractivity contribution in [1.29, 1.82) is 0 Å². The second-order valence-corrected chi connectivity index (χ2v) is 5.76. The van der Waals surface area contributed by atoms with E-state index in [-0.39, 0.29) is 5.60 Å². The monoisotopic (exact) mass is 257 g/mol. The van der Waals surface area contributed by atoms with Crippen molar-refractivity contribution in [2.75, 3.05) is 26.7 Å². The molecule has 1 aliphatic heterocycles. The zero-order chi connectivity index (χ0) is 13.8. The number of piperidine rings is 1. The van der Waals surface area contributed by atoms with E-state index >= 15 is 0 Å². The highest BCUT2D eigenvalue weighted by atomic mass is 16.5. The predicted octanol–water partition coefficient (Wildman–Crippen LogP) is 2.38. The van der Waals surface area contributed by atoms with Gasteiger partial charge in [-0.2, -0.15) is 0 Å². The Hall–Kier alpha value is -0.610. The van der Waals surface area contributed by atoms with E-state index in [2.05, 4.69) is 11.8 Å². The highest BCUT2D eigenvalue weighted by Gasteiger charge is 2.39. The first kappa shape index (κ1) is 15.4. The highest BCUT2D eigenvalue weighted by Crippen LogP contribution is 2.31. The van der Waals surface area contributed by atoms with Gasteiger partial charge in [0.05, 0.1) is 11.0 Å². The number of carboxylic acid groups (broad SMARTS) is 1. The van der Waals surface area contributed by atoms with Crippen molar-refractivity contribution in [2.24, 2.45) is 5.41 Å². The molecule has 1 aliphatic rings. The van der Waals surface area contributed by atoms with E-state index in [9.17, 15) is 9.90 Å². The van der Waals surface area contributed by atoms with E-state index in [0.29, 0.717) is 19.4 Å². The van der Waals surface area contributed by atoms with Gasteiger partial charge < -0.3 is 9.84 Å². The Bertz CT molecular complexity index is 289. The zero-order valence-corrected chi connectivity index (χ0v) is 12.2. The minimum absolute atomic E-state index is 0.121. The van der Waals surface area contributed by atoms with E-state index in [1.807, 2.05) is 13.8 Å². The molecule has 1 fully saturated rings. The van der Waals surface area contributed by atoms with E-state index in [1.54, 1.807) is 7.11 Å². The number of carbonyl (C=O) groups is 1. The number of methoxy groups -OCH3 is 1. The highest BCUT2D eigenvalue weighted by molar-refractivity contribution is 5.74. The Balaban J connectivity index is 2.73. The average Bonchev–Trinajstić information content (AvgIpc) is 2.36. The van der Waals surface area contributed by atoms with Gasteiger partial charge in [-0.3, -0.25) is 9.69 Å². The summed E-state index contributed by atoms with van der Waals surface area (Å²) in [5, 5.41) is 9.48. The molecule has 4 nitrogen and oxygen atoms in total. The van der Waals surface area contributed by atoms with Crippen LogP contribution in [0.15, 0.2) is 0 Å². The summed E-state index contributed by atoms with van der Waals surface area (Å²) in [5.74, 6) is -0.669. The lowest BCUT2D eigenvalue weighted by Crippen LogP contribution is -2.52. The van der Waals surface area contributed by atoms with Gasteiger partial charge in [-0.1, -0.05) is 13.8 Å². The summed E-state index contributed by atoms with van der Waals surface area (Å²) >= 11 is 0. The molecular formula is C14H27NO3. The molecule has 1 rings (SSSR count). The van der Waals surface area contributed by atoms with Crippen LogP contribution in [0.2, 0.25) is 0 Å². The van der Waals surface area contributed by atoms with Crippen molar-refractivity contribution < 1.29 is 14.6 Å². The first-order valence-corrected chi connectivity index (χ1v) is 6.92. The van der Waals surface area contributed by atoms with Crippen LogP contribution >= 0.6 is 0 Å². The Kier molecular flexibility index (Phi) is 5.17. The minimum Gasteiger partial charge on any atom is -0.481 e. The molecule has 106 valence electrons. The maximum absolute atomic E-state index is 11.5. The Labute approximate surface area is 110 Å². The molecule has 0 amide bonds. The standard InChI is InChI=1S/C14H27NO3/c1-5-14(6-2,12(16)17)11-15-9-7-8-13(3,10-15)18-4/h5-11H2,1-4H3,(H,16,17). The predicted molar refractivity (Wildman–Crippen MR) is 71.7 cm³/mol. The molecule has 0 saturated carbocycles. The lowest BCUT2D eigenvalue weighted by Gasteiger charge is -2.42. The van der Waals surface area contributed by atoms with E-state index in [1.165, 1.54) is 0 Å². The van der Waals surface area contributed by atoms with Crippen LogP contribution in [0.5, 0.6) is 0 Å². The molecule has 0 aromatic rings. The summed E-state index contributed by atoms with van der Waals surface area (Å²) < 4.78 is 5.56. The molecule has 0 aromatic carbocycles. The lowest BCUT2D eigenvalue weighted by molar-refractivity contribution is -0.152. The summed E-state index contributed by atoms with van der Waals surface area (Å²) in [6.07, 6.45) is 3.49. The third-order valence-corrected chi connectivity index (χ3v) is 4.56. The molecule has 1 heterocycles. The van der Waals surface area contributed by atoms with Gasteiger partial charge in [-0.05, 0) is 39.2 Å². The van der Waals surface area contributed by atoms with Crippen LogP contribution in [0.1, 0.15) is 46.5 Å². The minimum atomic E-state index is -0.669. The van der Waals surface area contributed by atoms with E-state index in [0.717, 1.165) is 25.9 Å². The number of nitrogens with zero attached hydrogens (tertiary/aromatic N) is 1. The van der Waals surface area contributed by atoms with Crippen LogP contribution in [-0.4, -0.2) is 48.3 Å². The number of likely N-dealkylation sites (tertiary alicyclic amines) is 1. The van der Waals surface area contributed by atoms with Gasteiger partial charge in [-0.25, -0.2) is 0 Å². The summed E-state index contributed by atoms with van der Waals surface area (Å²) in [6.45, 7) is 8.49. The van der Waals surface area contributed by atoms with Crippen LogP contribution < -0.4 is 0 Å². The fourth-order valence-electron chi connectivity index (χ4n) is 2.88. The van der Waals surface area contributed by atoms with Crippen molar-refractivity contribution in [2.45, 2.75) is 52.1 Å². The van der Waals surface area contributed by atoms with Gasteiger partial charge in [0.2, 0.25) is 0 Å². The van der Waals surface area contributed by atoms with Crippen LogP contribution in [0, 0.1) is 5.41 Å². The molecule has 0 bridgehead atoms. The number of aliphatic carboxylic acids is 1. The van der Waals surface area contributed by atoms with Gasteiger partial charge >= 0.3 is 5.97 Å². The van der Waals surface area contributed by atoms with Crippen molar-refractivity contribution in [3.05, 3.63) is 0 Å². The first-order valence-electron chi connectivity index (χ1n) is 6.92. The van der Waals surface area contributed by atoms with Crippen LogP contribution in [0.4, 0.5) is 0 Å². The van der Waals surface area contributed by atoms with Gasteiger partial charge in [0, 0.05) is 20.2 Å². The zero-order valence-electron chi connectivity index (χ0n) is 12.2. The van der Waals surface area contributed by atoms with Crippen LogP contribution in [0.3, 0.4) is 0 Å². The Morgan fingerprint density at radius 1 is 1.44 bits per heavy atom. The lowest BCUT2D eigenvalue weighted by atomic mass is 9.81. The normalized spacial score (nSPS) is 26.2. The number of carboxylic acids is 1. The second-order valence-electron chi connectivity index (χ2n) is 5.76. The SMILES string of the molecule is CCC(CC)(CN1CCCC(C)(OC)C1)C(=O)O. The van der Waals surface area contributed by atoms with Crippen LogP contribution in [-0.2, 0) is 9.53 Å². The van der Waals surface area contributed by atoms with E-state index in [4.69, 9.17) is 4.74 Å². The Morgan fingerprint density at radius 2 is 2.06 bits per heavy atom. The maximum Gasteiger partial charge on any atom is 0.310 e. The fourth-order valence-corrected chi connectivity index (χ4v) is 2.88. The molecule has 0 radical (unpaired) electrons. The molecule has 0 aliphatic carbocycles. The molecule has 1 atom stereocenters. The maximum atomic E-state index is 11.5. The largest absolute Gasteiger partial charge is 0.481 e. The number of ether oxygens (including phenoxy) is 1. The molecule has 1 unspecified atom stereocenters. The third kappa shape index (κ3) is 3.23. The summed E-state index contributed by atoms with van der Waals surface area (Å²) in [5.41, 5.74) is -0.726. The molecule has 1 N–H and O–H groups in total. The third-order valence-electron chi connectivity index (χ3n) is 4.56. The summed E-state index contributed by atoms with van der Waals surface area (Å²) in [6, 6.07) is 0. The quantitative estimate of drug-likeness (QED) is 0.793. The molecule has 4 heteroatoms. The summed E-state index contributed by atoms with van der Waals surface area (Å²) in [4.78, 5) is 13.8.